The molecule has 0 saturated heterocycles. The van der Waals surface area contributed by atoms with E-state index in [9.17, 15) is 4.79 Å². The van der Waals surface area contributed by atoms with Gasteiger partial charge in [0.25, 0.3) is 0 Å². The van der Waals surface area contributed by atoms with Gasteiger partial charge < -0.3 is 14.8 Å². The van der Waals surface area contributed by atoms with Gasteiger partial charge in [-0.25, -0.2) is 0 Å². The van der Waals surface area contributed by atoms with Crippen LogP contribution in [0.1, 0.15) is 22.6 Å². The average Bonchev–Trinajstić information content (AvgIpc) is 2.84. The zero-order chi connectivity index (χ0) is 16.6. The van der Waals surface area contributed by atoms with Gasteiger partial charge in [0.1, 0.15) is 0 Å². The highest BCUT2D eigenvalue weighted by Gasteiger charge is 2.31. The van der Waals surface area contributed by atoms with E-state index in [2.05, 4.69) is 27.3 Å². The molecule has 0 fully saturated rings. The highest BCUT2D eigenvalue weighted by atomic mass is 79.9. The largest absolute Gasteiger partial charge is 0.493 e. The van der Waals surface area contributed by atoms with Crippen molar-refractivity contribution >= 4 is 27.5 Å². The Kier molecular flexibility index (Phi) is 4.31. The third-order valence-corrected chi connectivity index (χ3v) is 4.87. The van der Waals surface area contributed by atoms with Crippen molar-refractivity contribution in [2.75, 3.05) is 19.5 Å². The fraction of sp³-hybridized carbons (Fsp3) is 0.278. The van der Waals surface area contributed by atoms with Crippen molar-refractivity contribution in [2.45, 2.75) is 19.3 Å². The lowest BCUT2D eigenvalue weighted by Crippen LogP contribution is -2.14. The SMILES string of the molecule is COc1cc(Br)c(CC2C(=O)Nc3ccc(C)cc32)cc1OC. The Morgan fingerprint density at radius 2 is 1.83 bits per heavy atom. The van der Waals surface area contributed by atoms with Gasteiger partial charge in [-0.05, 0) is 42.7 Å². The molecule has 1 unspecified atom stereocenters. The lowest BCUT2D eigenvalue weighted by molar-refractivity contribution is -0.117. The normalized spacial score (nSPS) is 16.0. The number of nitrogens with one attached hydrogen (secondary N) is 1. The van der Waals surface area contributed by atoms with Crippen molar-refractivity contribution in [3.05, 3.63) is 51.5 Å². The number of halogens is 1. The molecule has 0 bridgehead atoms. The van der Waals surface area contributed by atoms with Gasteiger partial charge in [0.05, 0.1) is 20.1 Å². The number of rotatable bonds is 4. The van der Waals surface area contributed by atoms with Gasteiger partial charge in [-0.3, -0.25) is 4.79 Å². The number of ether oxygens (including phenoxy) is 2. The van der Waals surface area contributed by atoms with Crippen LogP contribution in [0, 0.1) is 6.92 Å². The van der Waals surface area contributed by atoms with E-state index in [1.807, 2.05) is 31.2 Å². The minimum atomic E-state index is -0.195. The number of fused-ring (bicyclic) bond motifs is 1. The summed E-state index contributed by atoms with van der Waals surface area (Å²) < 4.78 is 11.6. The van der Waals surface area contributed by atoms with E-state index in [0.29, 0.717) is 17.9 Å². The van der Waals surface area contributed by atoms with E-state index in [4.69, 9.17) is 9.47 Å². The lowest BCUT2D eigenvalue weighted by atomic mass is 9.92. The highest BCUT2D eigenvalue weighted by Crippen LogP contribution is 2.39. The van der Waals surface area contributed by atoms with Crippen molar-refractivity contribution in [3.63, 3.8) is 0 Å². The van der Waals surface area contributed by atoms with Crippen molar-refractivity contribution in [3.8, 4) is 11.5 Å². The van der Waals surface area contributed by atoms with Gasteiger partial charge in [-0.1, -0.05) is 33.6 Å². The Bertz CT molecular complexity index is 773. The number of carbonyl (C=O) groups is 1. The topological polar surface area (TPSA) is 47.6 Å². The first kappa shape index (κ1) is 15.9. The molecule has 5 heteroatoms. The van der Waals surface area contributed by atoms with Gasteiger partial charge in [-0.15, -0.1) is 0 Å². The monoisotopic (exact) mass is 375 g/mol. The summed E-state index contributed by atoms with van der Waals surface area (Å²) in [5.74, 6) is 1.16. The zero-order valence-electron chi connectivity index (χ0n) is 13.3. The highest BCUT2D eigenvalue weighted by molar-refractivity contribution is 9.10. The minimum absolute atomic E-state index is 0.0345. The molecule has 120 valence electrons. The lowest BCUT2D eigenvalue weighted by Gasteiger charge is -2.14. The Hall–Kier alpha value is -2.01. The van der Waals surface area contributed by atoms with Crippen LogP contribution in [0.25, 0.3) is 0 Å². The number of hydrogen-bond donors (Lipinski definition) is 1. The maximum absolute atomic E-state index is 12.4. The van der Waals surface area contributed by atoms with Crippen LogP contribution in [-0.4, -0.2) is 20.1 Å². The van der Waals surface area contributed by atoms with Gasteiger partial charge in [-0.2, -0.15) is 0 Å². The van der Waals surface area contributed by atoms with Gasteiger partial charge in [0, 0.05) is 10.2 Å². The summed E-state index contributed by atoms with van der Waals surface area (Å²) in [6, 6.07) is 9.84. The van der Waals surface area contributed by atoms with Crippen LogP contribution in [0.5, 0.6) is 11.5 Å². The predicted molar refractivity (Wildman–Crippen MR) is 93.5 cm³/mol. The second-order valence-electron chi connectivity index (χ2n) is 5.64. The average molecular weight is 376 g/mol. The molecule has 2 aromatic rings. The summed E-state index contributed by atoms with van der Waals surface area (Å²) >= 11 is 3.57. The Labute approximate surface area is 143 Å². The Morgan fingerprint density at radius 1 is 1.13 bits per heavy atom. The van der Waals surface area contributed by atoms with Crippen molar-refractivity contribution in [2.24, 2.45) is 0 Å². The summed E-state index contributed by atoms with van der Waals surface area (Å²) in [7, 11) is 3.21. The van der Waals surface area contributed by atoms with Crippen LogP contribution >= 0.6 is 15.9 Å². The van der Waals surface area contributed by atoms with Crippen LogP contribution in [-0.2, 0) is 11.2 Å². The number of amides is 1. The predicted octanol–water partition coefficient (Wildman–Crippen LogP) is 4.05. The second-order valence-corrected chi connectivity index (χ2v) is 6.49. The molecule has 1 atom stereocenters. The Morgan fingerprint density at radius 3 is 2.52 bits per heavy atom. The van der Waals surface area contributed by atoms with Crippen LogP contribution < -0.4 is 14.8 Å². The van der Waals surface area contributed by atoms with Crippen molar-refractivity contribution in [1.82, 2.24) is 0 Å². The number of anilines is 1. The molecular weight excluding hydrogens is 358 g/mol. The molecule has 23 heavy (non-hydrogen) atoms. The van der Waals surface area contributed by atoms with E-state index < -0.39 is 0 Å². The van der Waals surface area contributed by atoms with E-state index in [0.717, 1.165) is 26.9 Å². The van der Waals surface area contributed by atoms with Crippen molar-refractivity contribution in [1.29, 1.82) is 0 Å². The molecule has 3 rings (SSSR count). The summed E-state index contributed by atoms with van der Waals surface area (Å²) in [6.07, 6.45) is 0.600. The van der Waals surface area contributed by atoms with Crippen LogP contribution in [0.4, 0.5) is 5.69 Å². The fourth-order valence-corrected chi connectivity index (χ4v) is 3.40. The molecule has 2 aromatic carbocycles. The first-order valence-electron chi connectivity index (χ1n) is 7.35. The summed E-state index contributed by atoms with van der Waals surface area (Å²) in [6.45, 7) is 2.03. The zero-order valence-corrected chi connectivity index (χ0v) is 14.9. The molecule has 0 radical (unpaired) electrons. The van der Waals surface area contributed by atoms with Crippen LogP contribution in [0.2, 0.25) is 0 Å². The summed E-state index contributed by atoms with van der Waals surface area (Å²) in [4.78, 5) is 12.4. The third kappa shape index (κ3) is 2.93. The van der Waals surface area contributed by atoms with E-state index in [-0.39, 0.29) is 11.8 Å². The van der Waals surface area contributed by atoms with Gasteiger partial charge in [0.15, 0.2) is 11.5 Å². The Balaban J connectivity index is 1.97. The van der Waals surface area contributed by atoms with Crippen LogP contribution in [0.3, 0.4) is 0 Å². The third-order valence-electron chi connectivity index (χ3n) is 4.13. The van der Waals surface area contributed by atoms with Crippen LogP contribution in [0.15, 0.2) is 34.8 Å². The molecular formula is C18H18BrNO3. The summed E-state index contributed by atoms with van der Waals surface area (Å²) in [5, 5.41) is 2.96. The molecule has 1 aliphatic rings. The number of aryl methyl sites for hydroxylation is 1. The smallest absolute Gasteiger partial charge is 0.232 e. The maximum Gasteiger partial charge on any atom is 0.232 e. The maximum atomic E-state index is 12.4. The molecule has 0 spiro atoms. The number of methoxy groups -OCH3 is 2. The molecule has 4 nitrogen and oxygen atoms in total. The summed E-state index contributed by atoms with van der Waals surface area (Å²) in [5.41, 5.74) is 4.12. The number of carbonyl (C=O) groups excluding carboxylic acids is 1. The number of hydrogen-bond acceptors (Lipinski definition) is 3. The van der Waals surface area contributed by atoms with Crippen molar-refractivity contribution < 1.29 is 14.3 Å². The van der Waals surface area contributed by atoms with E-state index in [1.54, 1.807) is 14.2 Å². The molecule has 0 aromatic heterocycles. The fourth-order valence-electron chi connectivity index (χ4n) is 2.92. The second kappa shape index (κ2) is 6.24. The number of benzene rings is 2. The van der Waals surface area contributed by atoms with E-state index in [1.165, 1.54) is 0 Å². The molecule has 1 amide bonds. The molecule has 1 aliphatic heterocycles. The standard InChI is InChI=1S/C18H18BrNO3/c1-10-4-5-15-12(6-10)13(18(21)20-15)7-11-8-16(22-2)17(23-3)9-14(11)19/h4-6,8-9,13H,7H2,1-3H3,(H,20,21). The minimum Gasteiger partial charge on any atom is -0.493 e. The molecule has 0 aliphatic carbocycles. The molecule has 0 saturated carbocycles. The molecule has 1 N–H and O–H groups in total. The van der Waals surface area contributed by atoms with E-state index >= 15 is 0 Å². The molecule has 1 heterocycles. The van der Waals surface area contributed by atoms with Gasteiger partial charge >= 0.3 is 0 Å². The van der Waals surface area contributed by atoms with Gasteiger partial charge in [0.2, 0.25) is 5.91 Å². The first-order chi connectivity index (χ1) is 11.0. The first-order valence-corrected chi connectivity index (χ1v) is 8.14. The quantitative estimate of drug-likeness (QED) is 0.876.